The van der Waals surface area contributed by atoms with E-state index in [0.29, 0.717) is 18.8 Å². The van der Waals surface area contributed by atoms with Gasteiger partial charge >= 0.3 is 0 Å². The predicted octanol–water partition coefficient (Wildman–Crippen LogP) is 2.97. The number of piperidine rings is 1. The van der Waals surface area contributed by atoms with Crippen LogP contribution in [0.1, 0.15) is 30.0 Å². The van der Waals surface area contributed by atoms with Gasteiger partial charge in [-0.1, -0.05) is 18.2 Å². The lowest BCUT2D eigenvalue weighted by atomic mass is 9.92. The standard InChI is InChI=1S/C23H30N4O2S/c1-18-24-20(17-30-18)16-23(29)26-9-7-19(8-10-26)15-22(28)27-13-11-25(12-14-27)21-5-3-2-4-6-21/h2-6,17,19H,7-16H2,1H3. The summed E-state index contributed by atoms with van der Waals surface area (Å²) >= 11 is 1.59. The third kappa shape index (κ3) is 5.19. The molecule has 6 nitrogen and oxygen atoms in total. The molecule has 0 saturated carbocycles. The normalized spacial score (nSPS) is 18.0. The lowest BCUT2D eigenvalue weighted by molar-refractivity contribution is -0.134. The number of thiazole rings is 1. The van der Waals surface area contributed by atoms with Gasteiger partial charge in [0, 0.05) is 56.8 Å². The number of piperazine rings is 1. The van der Waals surface area contributed by atoms with Crippen molar-refractivity contribution < 1.29 is 9.59 Å². The van der Waals surface area contributed by atoms with E-state index in [2.05, 4.69) is 34.1 Å². The van der Waals surface area contributed by atoms with Crippen LogP contribution >= 0.6 is 11.3 Å². The lowest BCUT2D eigenvalue weighted by Crippen LogP contribution is -2.49. The van der Waals surface area contributed by atoms with E-state index in [4.69, 9.17) is 0 Å². The zero-order chi connectivity index (χ0) is 20.9. The van der Waals surface area contributed by atoms with Gasteiger partial charge in [-0.2, -0.15) is 0 Å². The number of para-hydroxylation sites is 1. The number of aromatic nitrogens is 1. The molecule has 1 aromatic heterocycles. The maximum absolute atomic E-state index is 12.8. The van der Waals surface area contributed by atoms with Crippen LogP contribution in [0.15, 0.2) is 35.7 Å². The maximum atomic E-state index is 12.8. The molecule has 0 spiro atoms. The molecule has 0 atom stereocenters. The number of benzene rings is 1. The quantitative estimate of drug-likeness (QED) is 0.738. The van der Waals surface area contributed by atoms with Crippen molar-refractivity contribution in [2.45, 2.75) is 32.6 Å². The molecule has 3 heterocycles. The second kappa shape index (κ2) is 9.60. The van der Waals surface area contributed by atoms with Gasteiger partial charge < -0.3 is 14.7 Å². The van der Waals surface area contributed by atoms with E-state index < -0.39 is 0 Å². The molecule has 7 heteroatoms. The number of anilines is 1. The van der Waals surface area contributed by atoms with Crippen LogP contribution in [-0.2, 0) is 16.0 Å². The SMILES string of the molecule is Cc1nc(CC(=O)N2CCC(CC(=O)N3CCN(c4ccccc4)CC3)CC2)cs1. The molecule has 2 amide bonds. The zero-order valence-corrected chi connectivity index (χ0v) is 18.4. The van der Waals surface area contributed by atoms with Gasteiger partial charge in [-0.05, 0) is 37.8 Å². The summed E-state index contributed by atoms with van der Waals surface area (Å²) in [6, 6.07) is 10.4. The summed E-state index contributed by atoms with van der Waals surface area (Å²) in [5.41, 5.74) is 2.10. The number of likely N-dealkylation sites (tertiary alicyclic amines) is 1. The minimum atomic E-state index is 0.155. The third-order valence-corrected chi connectivity index (χ3v) is 7.01. The maximum Gasteiger partial charge on any atom is 0.228 e. The van der Waals surface area contributed by atoms with Crippen molar-refractivity contribution in [3.05, 3.63) is 46.4 Å². The number of aryl methyl sites for hydroxylation is 1. The van der Waals surface area contributed by atoms with Crippen LogP contribution in [0.5, 0.6) is 0 Å². The van der Waals surface area contributed by atoms with E-state index in [1.165, 1.54) is 5.69 Å². The summed E-state index contributed by atoms with van der Waals surface area (Å²) in [5, 5.41) is 2.97. The first kappa shape index (κ1) is 20.8. The Morgan fingerprint density at radius 3 is 2.27 bits per heavy atom. The average Bonchev–Trinajstić information content (AvgIpc) is 3.19. The van der Waals surface area contributed by atoms with Crippen molar-refractivity contribution in [3.63, 3.8) is 0 Å². The predicted molar refractivity (Wildman–Crippen MR) is 120 cm³/mol. The van der Waals surface area contributed by atoms with Crippen LogP contribution in [0.3, 0.4) is 0 Å². The highest BCUT2D eigenvalue weighted by Gasteiger charge is 2.28. The van der Waals surface area contributed by atoms with Crippen LogP contribution in [0.2, 0.25) is 0 Å². The van der Waals surface area contributed by atoms with Crippen LogP contribution in [0.25, 0.3) is 0 Å². The summed E-state index contributed by atoms with van der Waals surface area (Å²) in [6.45, 7) is 6.82. The minimum absolute atomic E-state index is 0.155. The second-order valence-corrected chi connectivity index (χ2v) is 9.33. The lowest BCUT2D eigenvalue weighted by Gasteiger charge is -2.37. The molecule has 2 saturated heterocycles. The Labute approximate surface area is 182 Å². The van der Waals surface area contributed by atoms with Crippen molar-refractivity contribution in [2.75, 3.05) is 44.2 Å². The van der Waals surface area contributed by atoms with Crippen LogP contribution in [-0.4, -0.2) is 65.9 Å². The fraction of sp³-hybridized carbons (Fsp3) is 0.522. The fourth-order valence-electron chi connectivity index (χ4n) is 4.37. The van der Waals surface area contributed by atoms with Crippen molar-refractivity contribution >= 4 is 28.8 Å². The van der Waals surface area contributed by atoms with Crippen LogP contribution < -0.4 is 4.90 Å². The van der Waals surface area contributed by atoms with Gasteiger partial charge in [-0.3, -0.25) is 9.59 Å². The van der Waals surface area contributed by atoms with E-state index in [9.17, 15) is 9.59 Å². The molecule has 0 aliphatic carbocycles. The highest BCUT2D eigenvalue weighted by atomic mass is 32.1. The number of carbonyl (C=O) groups is 2. The Bertz CT molecular complexity index is 853. The largest absolute Gasteiger partial charge is 0.368 e. The molecule has 30 heavy (non-hydrogen) atoms. The van der Waals surface area contributed by atoms with E-state index in [1.807, 2.05) is 28.2 Å². The van der Waals surface area contributed by atoms with Crippen molar-refractivity contribution in [3.8, 4) is 0 Å². The van der Waals surface area contributed by atoms with Crippen LogP contribution in [0.4, 0.5) is 5.69 Å². The summed E-state index contributed by atoms with van der Waals surface area (Å²) in [5.74, 6) is 0.808. The Morgan fingerprint density at radius 2 is 1.63 bits per heavy atom. The van der Waals surface area contributed by atoms with Gasteiger partial charge in [0.2, 0.25) is 11.8 Å². The molecule has 2 aliphatic heterocycles. The third-order valence-electron chi connectivity index (χ3n) is 6.18. The molecule has 0 radical (unpaired) electrons. The molecule has 0 unspecified atom stereocenters. The Balaban J connectivity index is 1.19. The number of nitrogens with zero attached hydrogens (tertiary/aromatic N) is 4. The molecule has 2 aliphatic rings. The van der Waals surface area contributed by atoms with Gasteiger partial charge in [0.25, 0.3) is 0 Å². The first-order valence-electron chi connectivity index (χ1n) is 10.8. The van der Waals surface area contributed by atoms with Gasteiger partial charge in [-0.25, -0.2) is 4.98 Å². The minimum Gasteiger partial charge on any atom is -0.368 e. The number of carbonyl (C=O) groups excluding carboxylic acids is 2. The van der Waals surface area contributed by atoms with E-state index in [1.54, 1.807) is 11.3 Å². The highest BCUT2D eigenvalue weighted by molar-refractivity contribution is 7.09. The number of rotatable bonds is 5. The average molecular weight is 427 g/mol. The number of hydrogen-bond acceptors (Lipinski definition) is 5. The molecule has 0 N–H and O–H groups in total. The van der Waals surface area contributed by atoms with Crippen molar-refractivity contribution in [1.82, 2.24) is 14.8 Å². The Morgan fingerprint density at radius 1 is 0.967 bits per heavy atom. The van der Waals surface area contributed by atoms with Gasteiger partial charge in [0.1, 0.15) is 0 Å². The summed E-state index contributed by atoms with van der Waals surface area (Å²) in [6.07, 6.45) is 2.83. The van der Waals surface area contributed by atoms with E-state index in [-0.39, 0.29) is 11.8 Å². The van der Waals surface area contributed by atoms with Crippen molar-refractivity contribution in [2.24, 2.45) is 5.92 Å². The molecule has 2 fully saturated rings. The molecular weight excluding hydrogens is 396 g/mol. The fourth-order valence-corrected chi connectivity index (χ4v) is 4.98. The zero-order valence-electron chi connectivity index (χ0n) is 17.6. The number of amides is 2. The van der Waals surface area contributed by atoms with Crippen molar-refractivity contribution in [1.29, 1.82) is 0 Å². The van der Waals surface area contributed by atoms with Gasteiger partial charge in [0.05, 0.1) is 17.1 Å². The first-order chi connectivity index (χ1) is 14.6. The van der Waals surface area contributed by atoms with Gasteiger partial charge in [0.15, 0.2) is 0 Å². The second-order valence-electron chi connectivity index (χ2n) is 8.27. The van der Waals surface area contributed by atoms with Crippen LogP contribution in [0, 0.1) is 12.8 Å². The van der Waals surface area contributed by atoms with E-state index >= 15 is 0 Å². The Kier molecular flexibility index (Phi) is 6.67. The highest BCUT2D eigenvalue weighted by Crippen LogP contribution is 2.23. The molecule has 2 aromatic rings. The van der Waals surface area contributed by atoms with Gasteiger partial charge in [-0.15, -0.1) is 11.3 Å². The number of hydrogen-bond donors (Lipinski definition) is 0. The molecule has 4 rings (SSSR count). The molecular formula is C23H30N4O2S. The Hall–Kier alpha value is -2.41. The molecule has 160 valence electrons. The topological polar surface area (TPSA) is 56.8 Å². The first-order valence-corrected chi connectivity index (χ1v) is 11.7. The summed E-state index contributed by atoms with van der Waals surface area (Å²) in [4.78, 5) is 36.0. The smallest absolute Gasteiger partial charge is 0.228 e. The summed E-state index contributed by atoms with van der Waals surface area (Å²) in [7, 11) is 0. The molecule has 1 aromatic carbocycles. The summed E-state index contributed by atoms with van der Waals surface area (Å²) < 4.78 is 0. The van der Waals surface area contributed by atoms with E-state index in [0.717, 1.165) is 62.8 Å². The molecule has 0 bridgehead atoms. The monoisotopic (exact) mass is 426 g/mol.